The Morgan fingerprint density at radius 3 is 1.46 bits per heavy atom. The van der Waals surface area contributed by atoms with E-state index in [2.05, 4.69) is 31.3 Å². The molecule has 4 heterocycles. The first-order chi connectivity index (χ1) is 32.0. The minimum absolute atomic E-state index is 0.00472. The van der Waals surface area contributed by atoms with Gasteiger partial charge < -0.3 is 82.1 Å². The number of carbonyl (C=O) groups is 7. The molecule has 4 aliphatic heterocycles. The van der Waals surface area contributed by atoms with E-state index in [4.69, 9.17) is 60.8 Å². The minimum atomic E-state index is -1.42. The third kappa shape index (κ3) is 12.9. The molecule has 0 unspecified atom stereocenters. The number of carbonyl (C=O) groups excluding carboxylic acids is 7. The Morgan fingerprint density at radius 2 is 1.09 bits per heavy atom. The van der Waals surface area contributed by atoms with E-state index >= 15 is 0 Å². The summed E-state index contributed by atoms with van der Waals surface area (Å²) >= 11 is 0. The van der Waals surface area contributed by atoms with Crippen molar-refractivity contribution >= 4 is 54.5 Å². The van der Waals surface area contributed by atoms with Crippen LogP contribution in [0.5, 0.6) is 0 Å². The van der Waals surface area contributed by atoms with Gasteiger partial charge in [0.25, 0.3) is 0 Å². The van der Waals surface area contributed by atoms with Crippen LogP contribution < -0.4 is 44.2 Å². The van der Waals surface area contributed by atoms with Gasteiger partial charge in [-0.1, -0.05) is 48.5 Å². The molecule has 4 aliphatic rings. The van der Waals surface area contributed by atoms with Gasteiger partial charge in [0.2, 0.25) is 11.8 Å². The van der Waals surface area contributed by atoms with E-state index in [1.54, 1.807) is 37.3 Å². The molecule has 6 rings (SSSR count). The zero-order valence-corrected chi connectivity index (χ0v) is 36.3. The highest BCUT2D eigenvalue weighted by molar-refractivity contribution is 5.78. The summed E-state index contributed by atoms with van der Waals surface area (Å²) in [5, 5.41) is 10.7. The molecular weight excluding hydrogens is 885 g/mol. The first-order valence-corrected chi connectivity index (χ1v) is 20.6. The lowest BCUT2D eigenvalue weighted by atomic mass is 9.92. The molecular formula is C42H50N10O15. The Balaban J connectivity index is 1.06. The minimum Gasteiger partial charge on any atom is -0.489 e. The molecule has 0 bridgehead atoms. The van der Waals surface area contributed by atoms with E-state index in [0.29, 0.717) is 23.2 Å². The second-order valence-electron chi connectivity index (χ2n) is 15.4. The van der Waals surface area contributed by atoms with Gasteiger partial charge in [0.05, 0.1) is 29.9 Å². The predicted molar refractivity (Wildman–Crippen MR) is 231 cm³/mol. The summed E-state index contributed by atoms with van der Waals surface area (Å²) in [7, 11) is 0. The topological polar surface area (TPSA) is 370 Å². The lowest BCUT2D eigenvalue weighted by Crippen LogP contribution is -2.60. The number of guanidine groups is 2. The van der Waals surface area contributed by atoms with Crippen LogP contribution in [-0.4, -0.2) is 129 Å². The van der Waals surface area contributed by atoms with Crippen molar-refractivity contribution < 1.29 is 71.5 Å². The number of hydrogen-bond donors (Lipinski definition) is 8. The molecule has 2 aromatic rings. The number of nitrogens with one attached hydrogen (secondary N) is 4. The average molecular weight is 935 g/mol. The van der Waals surface area contributed by atoms with Crippen molar-refractivity contribution in [1.82, 2.24) is 21.3 Å². The van der Waals surface area contributed by atoms with Gasteiger partial charge in [-0.15, -0.1) is 0 Å². The smallest absolute Gasteiger partial charge is 0.489 e. The fourth-order valence-corrected chi connectivity index (χ4v) is 7.62. The molecule has 2 saturated heterocycles. The number of hydrogen-bond acceptors (Lipinski definition) is 17. The van der Waals surface area contributed by atoms with Gasteiger partial charge in [-0.2, -0.15) is 0 Å². The van der Waals surface area contributed by atoms with Gasteiger partial charge in [-0.3, -0.25) is 14.4 Å². The summed E-state index contributed by atoms with van der Waals surface area (Å²) in [4.78, 5) is 94.9. The van der Waals surface area contributed by atoms with Gasteiger partial charge in [0.1, 0.15) is 13.2 Å². The van der Waals surface area contributed by atoms with Crippen LogP contribution >= 0.6 is 0 Å². The van der Waals surface area contributed by atoms with Crippen LogP contribution in [0.2, 0.25) is 0 Å². The maximum atomic E-state index is 13.3. The van der Waals surface area contributed by atoms with E-state index < -0.39 is 97.1 Å². The lowest BCUT2D eigenvalue weighted by Gasteiger charge is -2.39. The number of aldehydes is 1. The monoisotopic (exact) mass is 934 g/mol. The molecule has 0 saturated carbocycles. The normalized spacial score (nSPS) is 24.8. The Morgan fingerprint density at radius 1 is 0.672 bits per heavy atom. The van der Waals surface area contributed by atoms with E-state index in [0.717, 1.165) is 11.1 Å². The molecule has 0 spiro atoms. The number of alkyl carbamates (subject to hydrolysis) is 2. The van der Waals surface area contributed by atoms with Crippen LogP contribution in [0.25, 0.3) is 11.1 Å². The Hall–Kier alpha value is -8.25. The van der Waals surface area contributed by atoms with Gasteiger partial charge >= 0.3 is 24.5 Å². The number of nitrogens with zero attached hydrogens (tertiary/aromatic N) is 2. The van der Waals surface area contributed by atoms with Gasteiger partial charge in [0.15, 0.2) is 60.6 Å². The van der Waals surface area contributed by atoms with Crippen LogP contribution in [0.15, 0.2) is 82.2 Å². The number of nitrogens with two attached hydrogens (primary N) is 4. The standard InChI is InChI=1S/C42H50N10O15/c1-19-12-27(51-37(43)44)31(49-20(2)54)35(62-19)33(29-17-60-41(58)64-29)66-39(56)47-14-22-4-8-24(9-5-22)25-10-6-23(7-11-25)15-48-40(57)67-34(30-18-61-42(59)65-30)36-32(50-21(3)55)28(52-38(45)46)13-26(16-53)63-36/h4-13,16,27-36H,14-15,17-18H2,1-3H3,(H,47,56)(H,48,57)(H,49,54)(H,50,55)(H4,43,44,51)(H4,45,46,52)/t27-,28-,29+,30+,31+,32+,33+,34+,35+,36+/m0/s1. The highest BCUT2D eigenvalue weighted by atomic mass is 16.8. The molecule has 358 valence electrons. The van der Waals surface area contributed by atoms with Gasteiger partial charge in [-0.05, 0) is 41.3 Å². The second kappa shape index (κ2) is 21.6. The van der Waals surface area contributed by atoms with Crippen molar-refractivity contribution in [3.05, 3.63) is 83.3 Å². The molecule has 10 atom stereocenters. The van der Waals surface area contributed by atoms with Crippen LogP contribution in [0.3, 0.4) is 0 Å². The van der Waals surface area contributed by atoms with E-state index in [9.17, 15) is 33.6 Å². The third-order valence-corrected chi connectivity index (χ3v) is 10.4. The number of ether oxygens (including phenoxy) is 8. The molecule has 2 fully saturated rings. The van der Waals surface area contributed by atoms with Crippen LogP contribution in [0.1, 0.15) is 31.9 Å². The van der Waals surface area contributed by atoms with Crippen molar-refractivity contribution in [3.8, 4) is 11.1 Å². The van der Waals surface area contributed by atoms with Crippen molar-refractivity contribution in [1.29, 1.82) is 0 Å². The highest BCUT2D eigenvalue weighted by Crippen LogP contribution is 2.30. The van der Waals surface area contributed by atoms with Crippen molar-refractivity contribution in [2.75, 3.05) is 13.2 Å². The number of allylic oxidation sites excluding steroid dienone is 2. The molecule has 0 aromatic heterocycles. The molecule has 67 heavy (non-hydrogen) atoms. The first kappa shape index (κ1) is 48.2. The number of benzene rings is 2. The summed E-state index contributed by atoms with van der Waals surface area (Å²) in [5.41, 5.74) is 25.5. The summed E-state index contributed by atoms with van der Waals surface area (Å²) in [6.07, 6.45) is -8.00. The third-order valence-electron chi connectivity index (χ3n) is 10.4. The quantitative estimate of drug-likeness (QED) is 0.0352. The second-order valence-corrected chi connectivity index (χ2v) is 15.4. The Kier molecular flexibility index (Phi) is 15.6. The first-order valence-electron chi connectivity index (χ1n) is 20.6. The van der Waals surface area contributed by atoms with Crippen LogP contribution in [0.4, 0.5) is 19.2 Å². The fourth-order valence-electron chi connectivity index (χ4n) is 7.62. The number of amides is 4. The number of aliphatic imine (C=N–C) groups is 2. The molecule has 25 heteroatoms. The molecule has 25 nitrogen and oxygen atoms in total. The summed E-state index contributed by atoms with van der Waals surface area (Å²) in [5.74, 6) is -1.44. The summed E-state index contributed by atoms with van der Waals surface area (Å²) in [6, 6.07) is 10.6. The number of cyclic esters (lactones) is 4. The molecule has 0 aliphatic carbocycles. The molecule has 2 aromatic carbocycles. The molecule has 12 N–H and O–H groups in total. The van der Waals surface area contributed by atoms with E-state index in [1.807, 2.05) is 24.3 Å². The van der Waals surface area contributed by atoms with Crippen LogP contribution in [0, 0.1) is 0 Å². The van der Waals surface area contributed by atoms with Crippen molar-refractivity contribution in [2.45, 2.75) is 94.7 Å². The van der Waals surface area contributed by atoms with Gasteiger partial charge in [-0.25, -0.2) is 29.2 Å². The predicted octanol–water partition coefficient (Wildman–Crippen LogP) is -0.308. The maximum absolute atomic E-state index is 13.3. The fraction of sp³-hybridized carbons (Fsp3) is 0.405. The lowest BCUT2D eigenvalue weighted by molar-refractivity contribution is -0.126. The van der Waals surface area contributed by atoms with Gasteiger partial charge in [0, 0.05) is 26.9 Å². The van der Waals surface area contributed by atoms with E-state index in [-0.39, 0.29) is 44.0 Å². The summed E-state index contributed by atoms with van der Waals surface area (Å²) in [6.45, 7) is 3.57. The van der Waals surface area contributed by atoms with Crippen molar-refractivity contribution in [2.24, 2.45) is 32.9 Å². The Labute approximate surface area is 381 Å². The zero-order chi connectivity index (χ0) is 48.4. The zero-order valence-electron chi connectivity index (χ0n) is 36.3. The SMILES string of the molecule is CC(=O)N[C@H]1[C@H]([C@H](OC(=O)NCc2ccc(-c3ccc(CNC(=O)O[C@@H]([C@@H]4OC(C=O)=C[C@H](N=C(N)N)[C@H]4NC(C)=O)[C@H]4COC(=O)O4)cc3)cc2)[C@H]2COC(=O)O2)OC(C)=C[C@@H]1N=C(N)N. The molecule has 0 radical (unpaired) electrons. The average Bonchev–Trinajstić information content (AvgIpc) is 3.91. The number of rotatable bonds is 16. The van der Waals surface area contributed by atoms with Crippen LogP contribution in [-0.2, 0) is 65.4 Å². The molecule has 4 amide bonds. The maximum Gasteiger partial charge on any atom is 0.508 e. The van der Waals surface area contributed by atoms with Crippen molar-refractivity contribution in [3.63, 3.8) is 0 Å². The largest absolute Gasteiger partial charge is 0.508 e. The summed E-state index contributed by atoms with van der Waals surface area (Å²) < 4.78 is 43.8. The Bertz CT molecular complexity index is 2320. The highest BCUT2D eigenvalue weighted by Gasteiger charge is 2.50. The van der Waals surface area contributed by atoms with E-state index in [1.165, 1.54) is 19.9 Å².